The SMILES string of the molecule is CCOc1cc2c(cc1CNC(=O)CS(=O)(=O)Cc1ccc(C#N)cc1)OC(C)C2. The Balaban J connectivity index is 1.62. The number of fused-ring (bicyclic) bond motifs is 1. The summed E-state index contributed by atoms with van der Waals surface area (Å²) in [7, 11) is -3.65. The van der Waals surface area contributed by atoms with E-state index in [2.05, 4.69) is 5.32 Å². The molecule has 7 nitrogen and oxygen atoms in total. The minimum Gasteiger partial charge on any atom is -0.494 e. The molecule has 0 fully saturated rings. The van der Waals surface area contributed by atoms with Crippen LogP contribution < -0.4 is 14.8 Å². The molecule has 0 saturated heterocycles. The number of amides is 1. The maximum atomic E-state index is 12.4. The molecule has 158 valence electrons. The summed E-state index contributed by atoms with van der Waals surface area (Å²) in [5.41, 5.74) is 2.78. The maximum absolute atomic E-state index is 12.4. The van der Waals surface area contributed by atoms with Crippen LogP contribution in [0.5, 0.6) is 11.5 Å². The van der Waals surface area contributed by atoms with Crippen LogP contribution in [0.25, 0.3) is 0 Å². The van der Waals surface area contributed by atoms with Crippen LogP contribution in [0.15, 0.2) is 36.4 Å². The summed E-state index contributed by atoms with van der Waals surface area (Å²) in [6, 6.07) is 12.0. The van der Waals surface area contributed by atoms with E-state index in [4.69, 9.17) is 14.7 Å². The normalized spacial score (nSPS) is 15.0. The van der Waals surface area contributed by atoms with Crippen LogP contribution in [0.2, 0.25) is 0 Å². The first-order valence-corrected chi connectivity index (χ1v) is 11.5. The molecule has 0 aromatic heterocycles. The van der Waals surface area contributed by atoms with E-state index in [1.165, 1.54) is 0 Å². The van der Waals surface area contributed by atoms with Gasteiger partial charge in [-0.05, 0) is 43.7 Å². The highest BCUT2D eigenvalue weighted by Crippen LogP contribution is 2.35. The third kappa shape index (κ3) is 5.51. The predicted molar refractivity (Wildman–Crippen MR) is 112 cm³/mol. The maximum Gasteiger partial charge on any atom is 0.235 e. The summed E-state index contributed by atoms with van der Waals surface area (Å²) in [6.07, 6.45) is 0.891. The minimum absolute atomic E-state index is 0.0895. The Hall–Kier alpha value is -3.05. The number of nitrogens with one attached hydrogen (secondary N) is 1. The van der Waals surface area contributed by atoms with Crippen molar-refractivity contribution in [1.82, 2.24) is 5.32 Å². The van der Waals surface area contributed by atoms with Gasteiger partial charge < -0.3 is 14.8 Å². The molecule has 30 heavy (non-hydrogen) atoms. The van der Waals surface area contributed by atoms with Crippen LogP contribution in [0.1, 0.15) is 36.1 Å². The number of carbonyl (C=O) groups excluding carboxylic acids is 1. The van der Waals surface area contributed by atoms with E-state index in [0.717, 1.165) is 23.3 Å². The highest BCUT2D eigenvalue weighted by atomic mass is 32.2. The summed E-state index contributed by atoms with van der Waals surface area (Å²) in [5, 5.41) is 11.5. The quantitative estimate of drug-likeness (QED) is 0.693. The third-order valence-corrected chi connectivity index (χ3v) is 6.15. The molecule has 0 spiro atoms. The van der Waals surface area contributed by atoms with Crippen molar-refractivity contribution in [3.63, 3.8) is 0 Å². The van der Waals surface area contributed by atoms with Gasteiger partial charge in [0.1, 0.15) is 23.4 Å². The molecule has 0 saturated carbocycles. The Bertz CT molecular complexity index is 1070. The Morgan fingerprint density at radius 3 is 2.70 bits per heavy atom. The Labute approximate surface area is 176 Å². The number of nitrogens with zero attached hydrogens (tertiary/aromatic N) is 1. The lowest BCUT2D eigenvalue weighted by Crippen LogP contribution is -2.30. The lowest BCUT2D eigenvalue weighted by molar-refractivity contribution is -0.118. The fourth-order valence-corrected chi connectivity index (χ4v) is 4.64. The molecule has 0 bridgehead atoms. The predicted octanol–water partition coefficient (Wildman–Crippen LogP) is 2.51. The van der Waals surface area contributed by atoms with Crippen molar-refractivity contribution in [2.24, 2.45) is 0 Å². The van der Waals surface area contributed by atoms with Crippen LogP contribution in [-0.2, 0) is 33.4 Å². The first-order chi connectivity index (χ1) is 14.3. The van der Waals surface area contributed by atoms with E-state index in [-0.39, 0.29) is 18.4 Å². The smallest absolute Gasteiger partial charge is 0.235 e. The first kappa shape index (κ1) is 21.7. The van der Waals surface area contributed by atoms with Gasteiger partial charge in [0.15, 0.2) is 9.84 Å². The first-order valence-electron chi connectivity index (χ1n) is 9.71. The van der Waals surface area contributed by atoms with Crippen molar-refractivity contribution in [3.05, 3.63) is 58.7 Å². The average Bonchev–Trinajstić information content (AvgIpc) is 3.05. The molecular weight excluding hydrogens is 404 g/mol. The standard InChI is InChI=1S/C22H24N2O5S/c1-3-28-20-9-18-8-15(2)29-21(18)10-19(20)12-24-22(25)14-30(26,27)13-17-6-4-16(11-23)5-7-17/h4-7,9-10,15H,3,8,12-14H2,1-2H3,(H,24,25). The number of benzene rings is 2. The molecule has 1 aliphatic rings. The number of ether oxygens (including phenoxy) is 2. The van der Waals surface area contributed by atoms with Crippen LogP contribution in [-0.4, -0.2) is 32.8 Å². The van der Waals surface area contributed by atoms with Crippen molar-refractivity contribution in [2.75, 3.05) is 12.4 Å². The lowest BCUT2D eigenvalue weighted by atomic mass is 10.1. The topological polar surface area (TPSA) is 105 Å². The summed E-state index contributed by atoms with van der Waals surface area (Å²) >= 11 is 0. The van der Waals surface area contributed by atoms with Crippen LogP contribution in [0.3, 0.4) is 0 Å². The number of hydrogen-bond acceptors (Lipinski definition) is 6. The van der Waals surface area contributed by atoms with Gasteiger partial charge in [-0.15, -0.1) is 0 Å². The van der Waals surface area contributed by atoms with Crippen LogP contribution in [0.4, 0.5) is 0 Å². The zero-order chi connectivity index (χ0) is 21.7. The fourth-order valence-electron chi connectivity index (χ4n) is 3.33. The molecule has 1 heterocycles. The van der Waals surface area contributed by atoms with Gasteiger partial charge in [-0.3, -0.25) is 4.79 Å². The van der Waals surface area contributed by atoms with E-state index in [0.29, 0.717) is 23.5 Å². The average molecular weight is 429 g/mol. The van der Waals surface area contributed by atoms with Gasteiger partial charge in [-0.2, -0.15) is 5.26 Å². The van der Waals surface area contributed by atoms with E-state index < -0.39 is 21.5 Å². The summed E-state index contributed by atoms with van der Waals surface area (Å²) in [5.74, 6) is -0.0321. The van der Waals surface area contributed by atoms with Gasteiger partial charge in [0.2, 0.25) is 5.91 Å². The summed E-state index contributed by atoms with van der Waals surface area (Å²) in [4.78, 5) is 12.3. The fraction of sp³-hybridized carbons (Fsp3) is 0.364. The molecule has 1 atom stereocenters. The molecular formula is C22H24N2O5S. The highest BCUT2D eigenvalue weighted by molar-refractivity contribution is 7.91. The van der Waals surface area contributed by atoms with Crippen LogP contribution in [0, 0.1) is 11.3 Å². The molecule has 0 aliphatic carbocycles. The van der Waals surface area contributed by atoms with Gasteiger partial charge in [0.25, 0.3) is 0 Å². The van der Waals surface area contributed by atoms with E-state index in [9.17, 15) is 13.2 Å². The number of hydrogen-bond donors (Lipinski definition) is 1. The van der Waals surface area contributed by atoms with Crippen molar-refractivity contribution in [2.45, 2.75) is 38.7 Å². The molecule has 1 N–H and O–H groups in total. The van der Waals surface area contributed by atoms with Gasteiger partial charge in [0, 0.05) is 24.1 Å². The second-order valence-corrected chi connectivity index (χ2v) is 9.32. The highest BCUT2D eigenvalue weighted by Gasteiger charge is 2.23. The minimum atomic E-state index is -3.65. The Morgan fingerprint density at radius 2 is 2.03 bits per heavy atom. The largest absolute Gasteiger partial charge is 0.494 e. The van der Waals surface area contributed by atoms with Crippen molar-refractivity contribution < 1.29 is 22.7 Å². The second kappa shape index (κ2) is 9.18. The lowest BCUT2D eigenvalue weighted by Gasteiger charge is -2.13. The summed E-state index contributed by atoms with van der Waals surface area (Å²) < 4.78 is 36.2. The number of rotatable bonds is 8. The van der Waals surface area contributed by atoms with Crippen LogP contribution >= 0.6 is 0 Å². The Kier molecular flexibility index (Phi) is 6.63. The zero-order valence-electron chi connectivity index (χ0n) is 17.0. The third-order valence-electron chi connectivity index (χ3n) is 4.68. The van der Waals surface area contributed by atoms with E-state index in [1.54, 1.807) is 24.3 Å². The van der Waals surface area contributed by atoms with Crippen molar-refractivity contribution >= 4 is 15.7 Å². The number of carbonyl (C=O) groups is 1. The molecule has 2 aromatic carbocycles. The van der Waals surface area contributed by atoms with Crippen molar-refractivity contribution in [3.8, 4) is 17.6 Å². The second-order valence-electron chi connectivity index (χ2n) is 7.25. The van der Waals surface area contributed by atoms with Gasteiger partial charge in [-0.1, -0.05) is 12.1 Å². The summed E-state index contributed by atoms with van der Waals surface area (Å²) in [6.45, 7) is 4.49. The molecule has 1 aliphatic heterocycles. The van der Waals surface area contributed by atoms with E-state index >= 15 is 0 Å². The molecule has 8 heteroatoms. The van der Waals surface area contributed by atoms with Crippen molar-refractivity contribution in [1.29, 1.82) is 5.26 Å². The molecule has 1 unspecified atom stereocenters. The monoisotopic (exact) mass is 428 g/mol. The molecule has 2 aromatic rings. The number of sulfone groups is 1. The van der Waals surface area contributed by atoms with Gasteiger partial charge in [-0.25, -0.2) is 8.42 Å². The van der Waals surface area contributed by atoms with Gasteiger partial charge >= 0.3 is 0 Å². The molecule has 3 rings (SSSR count). The van der Waals surface area contributed by atoms with E-state index in [1.807, 2.05) is 32.0 Å². The zero-order valence-corrected chi connectivity index (χ0v) is 17.8. The number of nitriles is 1. The molecule has 0 radical (unpaired) electrons. The van der Waals surface area contributed by atoms with Gasteiger partial charge in [0.05, 0.1) is 24.0 Å². The molecule has 1 amide bonds. The Morgan fingerprint density at radius 1 is 1.30 bits per heavy atom.